The van der Waals surface area contributed by atoms with Gasteiger partial charge in [-0.1, -0.05) is 26.7 Å². The third kappa shape index (κ3) is 2.28. The molecule has 1 fully saturated rings. The van der Waals surface area contributed by atoms with Gasteiger partial charge in [0, 0.05) is 18.7 Å². The molecule has 19 heavy (non-hydrogen) atoms. The Hall–Kier alpha value is -1.32. The van der Waals surface area contributed by atoms with Gasteiger partial charge in [0.05, 0.1) is 5.69 Å². The standard InChI is InChI=1S/C15H24N4/c1-15(2)8-7-11-12(15)13(16)18-14(17-11)19-9-5-3-4-6-10-19/h3-10H2,1-2H3,(H2,16,17,18). The van der Waals surface area contributed by atoms with Crippen molar-refractivity contribution in [3.05, 3.63) is 11.3 Å². The van der Waals surface area contributed by atoms with Crippen molar-refractivity contribution < 1.29 is 0 Å². The topological polar surface area (TPSA) is 55.0 Å². The molecule has 0 amide bonds. The van der Waals surface area contributed by atoms with E-state index in [0.717, 1.165) is 31.9 Å². The summed E-state index contributed by atoms with van der Waals surface area (Å²) < 4.78 is 0. The number of nitrogens with two attached hydrogens (primary N) is 1. The first kappa shape index (κ1) is 12.7. The quantitative estimate of drug-likeness (QED) is 0.843. The van der Waals surface area contributed by atoms with Crippen LogP contribution in [0.2, 0.25) is 0 Å². The maximum atomic E-state index is 6.22. The van der Waals surface area contributed by atoms with E-state index in [0.29, 0.717) is 5.82 Å². The molecule has 0 spiro atoms. The molecule has 0 aromatic carbocycles. The normalized spacial score (nSPS) is 22.1. The van der Waals surface area contributed by atoms with Crippen LogP contribution in [0.1, 0.15) is 57.2 Å². The second kappa shape index (κ2) is 4.66. The smallest absolute Gasteiger partial charge is 0.227 e. The van der Waals surface area contributed by atoms with Gasteiger partial charge in [-0.25, -0.2) is 4.98 Å². The second-order valence-corrected chi connectivity index (χ2v) is 6.52. The summed E-state index contributed by atoms with van der Waals surface area (Å²) in [6.07, 6.45) is 7.30. The van der Waals surface area contributed by atoms with E-state index in [1.54, 1.807) is 0 Å². The van der Waals surface area contributed by atoms with E-state index in [4.69, 9.17) is 10.7 Å². The van der Waals surface area contributed by atoms with Crippen molar-refractivity contribution in [2.75, 3.05) is 23.7 Å². The van der Waals surface area contributed by atoms with E-state index < -0.39 is 0 Å². The van der Waals surface area contributed by atoms with Crippen LogP contribution in [-0.4, -0.2) is 23.1 Å². The molecule has 0 radical (unpaired) electrons. The largest absolute Gasteiger partial charge is 0.383 e. The monoisotopic (exact) mass is 260 g/mol. The summed E-state index contributed by atoms with van der Waals surface area (Å²) in [6.45, 7) is 6.62. The molecule has 2 heterocycles. The minimum atomic E-state index is 0.136. The molecule has 1 aliphatic carbocycles. The summed E-state index contributed by atoms with van der Waals surface area (Å²) in [5.74, 6) is 1.56. The van der Waals surface area contributed by atoms with Gasteiger partial charge in [0.25, 0.3) is 0 Å². The summed E-state index contributed by atoms with van der Waals surface area (Å²) in [6, 6.07) is 0. The van der Waals surface area contributed by atoms with Gasteiger partial charge < -0.3 is 10.6 Å². The van der Waals surface area contributed by atoms with Crippen molar-refractivity contribution in [3.8, 4) is 0 Å². The average molecular weight is 260 g/mol. The Morgan fingerprint density at radius 1 is 1.05 bits per heavy atom. The molecule has 1 saturated heterocycles. The van der Waals surface area contributed by atoms with Crippen LogP contribution in [0.15, 0.2) is 0 Å². The maximum Gasteiger partial charge on any atom is 0.227 e. The zero-order valence-corrected chi connectivity index (χ0v) is 12.1. The van der Waals surface area contributed by atoms with Gasteiger partial charge in [-0.2, -0.15) is 4.98 Å². The number of hydrogen-bond donors (Lipinski definition) is 1. The molecule has 4 heteroatoms. The highest BCUT2D eigenvalue weighted by atomic mass is 15.3. The van der Waals surface area contributed by atoms with E-state index in [2.05, 4.69) is 23.7 Å². The van der Waals surface area contributed by atoms with Crippen molar-refractivity contribution in [2.24, 2.45) is 0 Å². The van der Waals surface area contributed by atoms with Crippen molar-refractivity contribution in [1.29, 1.82) is 0 Å². The summed E-state index contributed by atoms with van der Waals surface area (Å²) in [5.41, 5.74) is 8.72. The number of rotatable bonds is 1. The van der Waals surface area contributed by atoms with Crippen LogP contribution >= 0.6 is 0 Å². The molecular formula is C15H24N4. The summed E-state index contributed by atoms with van der Waals surface area (Å²) >= 11 is 0. The molecule has 1 aromatic rings. The van der Waals surface area contributed by atoms with E-state index in [1.165, 1.54) is 36.9 Å². The third-order valence-electron chi connectivity index (χ3n) is 4.55. The lowest BCUT2D eigenvalue weighted by atomic mass is 9.87. The first-order chi connectivity index (χ1) is 9.08. The van der Waals surface area contributed by atoms with Crippen LogP contribution in [0, 0.1) is 0 Å². The van der Waals surface area contributed by atoms with E-state index >= 15 is 0 Å². The van der Waals surface area contributed by atoms with Gasteiger partial charge in [0.1, 0.15) is 5.82 Å². The van der Waals surface area contributed by atoms with E-state index in [-0.39, 0.29) is 5.41 Å². The van der Waals surface area contributed by atoms with Crippen LogP contribution in [0.25, 0.3) is 0 Å². The van der Waals surface area contributed by atoms with Gasteiger partial charge in [0.2, 0.25) is 5.95 Å². The van der Waals surface area contributed by atoms with Crippen LogP contribution in [0.3, 0.4) is 0 Å². The first-order valence-electron chi connectivity index (χ1n) is 7.50. The van der Waals surface area contributed by atoms with Crippen LogP contribution < -0.4 is 10.6 Å². The number of nitrogen functional groups attached to an aromatic ring is 1. The van der Waals surface area contributed by atoms with Crippen molar-refractivity contribution in [3.63, 3.8) is 0 Å². The molecule has 0 unspecified atom stereocenters. The number of fused-ring (bicyclic) bond motifs is 1. The van der Waals surface area contributed by atoms with Gasteiger partial charge >= 0.3 is 0 Å². The van der Waals surface area contributed by atoms with E-state index in [9.17, 15) is 0 Å². The SMILES string of the molecule is CC1(C)CCc2nc(N3CCCCCC3)nc(N)c21. The van der Waals surface area contributed by atoms with Gasteiger partial charge in [-0.3, -0.25) is 0 Å². The lowest BCUT2D eigenvalue weighted by molar-refractivity contribution is 0.523. The summed E-state index contributed by atoms with van der Waals surface area (Å²) in [5, 5.41) is 0. The molecule has 3 rings (SSSR count). The van der Waals surface area contributed by atoms with Crippen molar-refractivity contribution >= 4 is 11.8 Å². The molecule has 0 atom stereocenters. The Kier molecular flexibility index (Phi) is 3.11. The highest BCUT2D eigenvalue weighted by Crippen LogP contribution is 2.40. The Labute approximate surface area is 115 Å². The fourth-order valence-corrected chi connectivity index (χ4v) is 3.40. The Balaban J connectivity index is 1.94. The Morgan fingerprint density at radius 3 is 2.42 bits per heavy atom. The molecule has 4 nitrogen and oxygen atoms in total. The molecular weight excluding hydrogens is 236 g/mol. The average Bonchev–Trinajstić information content (AvgIpc) is 2.57. The molecule has 0 saturated carbocycles. The minimum Gasteiger partial charge on any atom is -0.383 e. The van der Waals surface area contributed by atoms with Crippen LogP contribution in [-0.2, 0) is 11.8 Å². The zero-order chi connectivity index (χ0) is 13.5. The Morgan fingerprint density at radius 2 is 1.74 bits per heavy atom. The number of aromatic nitrogens is 2. The molecule has 1 aliphatic heterocycles. The molecule has 2 N–H and O–H groups in total. The lowest BCUT2D eigenvalue weighted by Gasteiger charge is -2.23. The lowest BCUT2D eigenvalue weighted by Crippen LogP contribution is -2.27. The van der Waals surface area contributed by atoms with E-state index in [1.807, 2.05) is 0 Å². The number of nitrogens with zero attached hydrogens (tertiary/aromatic N) is 3. The summed E-state index contributed by atoms with van der Waals surface area (Å²) in [4.78, 5) is 11.7. The summed E-state index contributed by atoms with van der Waals surface area (Å²) in [7, 11) is 0. The molecule has 0 bridgehead atoms. The van der Waals surface area contributed by atoms with Crippen molar-refractivity contribution in [1.82, 2.24) is 9.97 Å². The number of hydrogen-bond acceptors (Lipinski definition) is 4. The number of aryl methyl sites for hydroxylation is 1. The fraction of sp³-hybridized carbons (Fsp3) is 0.733. The predicted octanol–water partition coefficient (Wildman–Crippen LogP) is 2.66. The molecule has 2 aliphatic rings. The van der Waals surface area contributed by atoms with Gasteiger partial charge in [0.15, 0.2) is 0 Å². The zero-order valence-electron chi connectivity index (χ0n) is 12.1. The maximum absolute atomic E-state index is 6.22. The van der Waals surface area contributed by atoms with Gasteiger partial charge in [-0.05, 0) is 31.1 Å². The second-order valence-electron chi connectivity index (χ2n) is 6.52. The van der Waals surface area contributed by atoms with Gasteiger partial charge in [-0.15, -0.1) is 0 Å². The first-order valence-corrected chi connectivity index (χ1v) is 7.50. The predicted molar refractivity (Wildman–Crippen MR) is 78.5 cm³/mol. The Bertz CT molecular complexity index is 473. The molecule has 1 aromatic heterocycles. The molecule has 104 valence electrons. The minimum absolute atomic E-state index is 0.136. The van der Waals surface area contributed by atoms with Crippen molar-refractivity contribution in [2.45, 2.75) is 57.8 Å². The highest BCUT2D eigenvalue weighted by molar-refractivity contribution is 5.54. The number of anilines is 2. The fourth-order valence-electron chi connectivity index (χ4n) is 3.40. The van der Waals surface area contributed by atoms with Crippen LogP contribution in [0.4, 0.5) is 11.8 Å². The third-order valence-corrected chi connectivity index (χ3v) is 4.55. The highest BCUT2D eigenvalue weighted by Gasteiger charge is 2.34. The van der Waals surface area contributed by atoms with Crippen LogP contribution in [0.5, 0.6) is 0 Å².